The highest BCUT2D eigenvalue weighted by molar-refractivity contribution is 5.72. The fourth-order valence-electron chi connectivity index (χ4n) is 8.33. The maximum atomic E-state index is 12.1. The Kier molecular flexibility index (Phi) is 28.9. The molecule has 3 aromatic carbocycles. The van der Waals surface area contributed by atoms with Crippen molar-refractivity contribution in [2.75, 3.05) is 6.61 Å². The molecular formula is C61H87N3O3. The molecule has 0 atom stereocenters. The van der Waals surface area contributed by atoms with Gasteiger partial charge in [-0.2, -0.15) is 0 Å². The molecule has 0 bridgehead atoms. The first-order chi connectivity index (χ1) is 33.0. The van der Waals surface area contributed by atoms with Gasteiger partial charge in [-0.1, -0.05) is 205 Å². The van der Waals surface area contributed by atoms with Crippen molar-refractivity contribution in [2.45, 2.75) is 207 Å². The van der Waals surface area contributed by atoms with E-state index in [9.17, 15) is 4.79 Å². The fraction of sp³-hybridized carbons (Fsp3) is 0.541. The number of aromatic nitrogens is 3. The number of unbranched alkanes of at least 4 members (excludes halogenated alkanes) is 21. The summed E-state index contributed by atoms with van der Waals surface area (Å²) in [4.78, 5) is 25.9. The zero-order valence-corrected chi connectivity index (χ0v) is 42.4. The normalized spacial score (nSPS) is 11.0. The molecular weight excluding hydrogens is 823 g/mol. The van der Waals surface area contributed by atoms with E-state index in [2.05, 4.69) is 98.3 Å². The minimum atomic E-state index is -0.150. The Morgan fingerprint density at radius 3 is 1.37 bits per heavy atom. The number of carbonyl (C=O) groups excluding carboxylic acids is 1. The molecule has 0 amide bonds. The number of aryl methyl sites for hydroxylation is 2. The van der Waals surface area contributed by atoms with Crippen molar-refractivity contribution in [3.63, 3.8) is 0 Å². The van der Waals surface area contributed by atoms with Crippen LogP contribution >= 0.6 is 0 Å². The van der Waals surface area contributed by atoms with Crippen molar-refractivity contribution in [3.8, 4) is 45.3 Å². The van der Waals surface area contributed by atoms with Gasteiger partial charge in [0, 0.05) is 41.7 Å². The molecule has 0 spiro atoms. The summed E-state index contributed by atoms with van der Waals surface area (Å²) < 4.78 is 11.4. The number of benzene rings is 3. The van der Waals surface area contributed by atoms with Crippen LogP contribution in [0.3, 0.4) is 0 Å². The van der Waals surface area contributed by atoms with E-state index < -0.39 is 0 Å². The number of ether oxygens (including phenoxy) is 2. The van der Waals surface area contributed by atoms with Gasteiger partial charge in [-0.25, -0.2) is 9.97 Å². The highest BCUT2D eigenvalue weighted by atomic mass is 16.5. The van der Waals surface area contributed by atoms with Gasteiger partial charge in [0.2, 0.25) is 0 Å². The lowest BCUT2D eigenvalue weighted by molar-refractivity contribution is -0.134. The van der Waals surface area contributed by atoms with Crippen LogP contribution in [0.5, 0.6) is 11.5 Å². The van der Waals surface area contributed by atoms with Gasteiger partial charge in [0.15, 0.2) is 5.82 Å². The molecule has 2 heterocycles. The average molecular weight is 910 g/mol. The summed E-state index contributed by atoms with van der Waals surface area (Å²) in [6, 6.07) is 29.1. The van der Waals surface area contributed by atoms with Gasteiger partial charge in [-0.15, -0.1) is 0 Å². The van der Waals surface area contributed by atoms with Crippen LogP contribution in [0.25, 0.3) is 33.8 Å². The largest absolute Gasteiger partial charge is 0.494 e. The molecule has 0 N–H and O–H groups in total. The zero-order valence-electron chi connectivity index (χ0n) is 42.4. The van der Waals surface area contributed by atoms with E-state index in [1.165, 1.54) is 170 Å². The van der Waals surface area contributed by atoms with Crippen LogP contribution in [0.4, 0.5) is 0 Å². The molecule has 2 aromatic heterocycles. The number of carbonyl (C=O) groups is 1. The molecule has 5 aromatic rings. The molecule has 0 aliphatic carbocycles. The number of esters is 1. The SMILES string of the molecule is CCCCCCCCCCc1cnc(-c2ccc(OC(=O)CCCCCCCCC)cc2)nc1.CCCCCCCOc1ccc(-c2ccc(-c3ccc(CCCCCCC)cc3)nc2)cc1. The lowest BCUT2D eigenvalue weighted by Gasteiger charge is -2.08. The first-order valence-corrected chi connectivity index (χ1v) is 26.9. The van der Waals surface area contributed by atoms with Crippen LogP contribution in [0.15, 0.2) is 104 Å². The van der Waals surface area contributed by atoms with Crippen molar-refractivity contribution in [1.82, 2.24) is 15.0 Å². The maximum absolute atomic E-state index is 12.1. The Morgan fingerprint density at radius 2 is 0.836 bits per heavy atom. The second kappa shape index (κ2) is 35.3. The maximum Gasteiger partial charge on any atom is 0.311 e. The molecule has 0 radical (unpaired) electrons. The highest BCUT2D eigenvalue weighted by Crippen LogP contribution is 2.26. The lowest BCUT2D eigenvalue weighted by atomic mass is 10.0. The van der Waals surface area contributed by atoms with Crippen LogP contribution in [0.2, 0.25) is 0 Å². The molecule has 0 aliphatic heterocycles. The third kappa shape index (κ3) is 23.6. The molecule has 5 rings (SSSR count). The van der Waals surface area contributed by atoms with Crippen LogP contribution in [-0.4, -0.2) is 27.5 Å². The first-order valence-electron chi connectivity index (χ1n) is 26.9. The predicted octanol–water partition coefficient (Wildman–Crippen LogP) is 18.2. The van der Waals surface area contributed by atoms with Crippen molar-refractivity contribution in [3.05, 3.63) is 115 Å². The summed E-state index contributed by atoms with van der Waals surface area (Å²) in [7, 11) is 0. The molecule has 364 valence electrons. The number of rotatable bonds is 34. The minimum absolute atomic E-state index is 0.150. The van der Waals surface area contributed by atoms with E-state index >= 15 is 0 Å². The third-order valence-electron chi connectivity index (χ3n) is 12.6. The molecule has 0 saturated heterocycles. The highest BCUT2D eigenvalue weighted by Gasteiger charge is 2.08. The van der Waals surface area contributed by atoms with Crippen LogP contribution in [0.1, 0.15) is 206 Å². The van der Waals surface area contributed by atoms with Gasteiger partial charge >= 0.3 is 5.97 Å². The molecule has 0 unspecified atom stereocenters. The molecule has 0 fully saturated rings. The Labute approximate surface area is 407 Å². The Hall–Kier alpha value is -4.84. The number of pyridine rings is 1. The van der Waals surface area contributed by atoms with Gasteiger partial charge in [0.05, 0.1) is 12.3 Å². The molecule has 0 saturated carbocycles. The fourth-order valence-corrected chi connectivity index (χ4v) is 8.33. The quantitative estimate of drug-likeness (QED) is 0.0233. The standard InChI is InChI=1S/C31H41NO.C30H46N2O2/c1-3-5-7-9-11-13-26-14-16-28(17-15-26)31-23-20-29(25-32-31)27-18-21-30(22-19-27)33-24-12-10-8-6-4-2;1-3-5-7-9-11-13-14-16-18-26-24-31-30(32-25-26)27-20-22-28(23-21-27)34-29(33)19-17-15-12-10-8-6-4-2/h14-23,25H,3-13,24H2,1-2H3;20-25H,3-19H2,1-2H3. The van der Waals surface area contributed by atoms with Crippen molar-refractivity contribution >= 4 is 5.97 Å². The first kappa shape index (κ1) is 54.8. The van der Waals surface area contributed by atoms with Crippen LogP contribution in [-0.2, 0) is 17.6 Å². The summed E-state index contributed by atoms with van der Waals surface area (Å²) in [5, 5.41) is 0. The zero-order chi connectivity index (χ0) is 47.4. The predicted molar refractivity (Wildman–Crippen MR) is 284 cm³/mol. The van der Waals surface area contributed by atoms with E-state index in [0.717, 1.165) is 54.9 Å². The molecule has 6 heteroatoms. The number of hydrogen-bond acceptors (Lipinski definition) is 6. The van der Waals surface area contributed by atoms with Gasteiger partial charge in [-0.3, -0.25) is 9.78 Å². The summed E-state index contributed by atoms with van der Waals surface area (Å²) >= 11 is 0. The van der Waals surface area contributed by atoms with Gasteiger partial charge in [0.25, 0.3) is 0 Å². The summed E-state index contributed by atoms with van der Waals surface area (Å²) in [5.74, 6) is 2.09. The van der Waals surface area contributed by atoms with Crippen molar-refractivity contribution < 1.29 is 14.3 Å². The Morgan fingerprint density at radius 1 is 0.388 bits per heavy atom. The smallest absolute Gasteiger partial charge is 0.311 e. The van der Waals surface area contributed by atoms with Gasteiger partial charge < -0.3 is 9.47 Å². The van der Waals surface area contributed by atoms with Crippen molar-refractivity contribution in [2.24, 2.45) is 0 Å². The summed E-state index contributed by atoms with van der Waals surface area (Å²) in [5.41, 5.74) is 8.07. The van der Waals surface area contributed by atoms with Crippen LogP contribution in [0, 0.1) is 0 Å². The van der Waals surface area contributed by atoms with Crippen LogP contribution < -0.4 is 9.47 Å². The lowest BCUT2D eigenvalue weighted by Crippen LogP contribution is -2.07. The van der Waals surface area contributed by atoms with E-state index in [4.69, 9.17) is 14.5 Å². The number of nitrogens with zero attached hydrogens (tertiary/aromatic N) is 3. The topological polar surface area (TPSA) is 74.2 Å². The molecule has 6 nitrogen and oxygen atoms in total. The summed E-state index contributed by atoms with van der Waals surface area (Å²) in [6.07, 6.45) is 40.5. The average Bonchev–Trinajstić information content (AvgIpc) is 3.36. The van der Waals surface area contributed by atoms with E-state index in [1.54, 1.807) is 0 Å². The molecule has 0 aliphatic rings. The summed E-state index contributed by atoms with van der Waals surface area (Å²) in [6.45, 7) is 9.80. The second-order valence-electron chi connectivity index (χ2n) is 18.6. The third-order valence-corrected chi connectivity index (χ3v) is 12.6. The van der Waals surface area contributed by atoms with E-state index in [1.807, 2.05) is 42.9 Å². The Balaban J connectivity index is 0.000000293. The minimum Gasteiger partial charge on any atom is -0.494 e. The van der Waals surface area contributed by atoms with Gasteiger partial charge in [0.1, 0.15) is 11.5 Å². The number of hydrogen-bond donors (Lipinski definition) is 0. The van der Waals surface area contributed by atoms with E-state index in [-0.39, 0.29) is 5.97 Å². The van der Waals surface area contributed by atoms with Crippen molar-refractivity contribution in [1.29, 1.82) is 0 Å². The Bertz CT molecular complexity index is 1960. The van der Waals surface area contributed by atoms with Gasteiger partial charge in [-0.05, 0) is 97.7 Å². The molecule has 67 heavy (non-hydrogen) atoms. The monoisotopic (exact) mass is 910 g/mol. The van der Waals surface area contributed by atoms with E-state index in [0.29, 0.717) is 18.0 Å². The second-order valence-corrected chi connectivity index (χ2v) is 18.6.